The zero-order chi connectivity index (χ0) is 16.5. The number of nitrogens with zero attached hydrogens (tertiary/aromatic N) is 4. The van der Waals surface area contributed by atoms with E-state index in [1.165, 1.54) is 0 Å². The number of benzene rings is 1. The van der Waals surface area contributed by atoms with Gasteiger partial charge < -0.3 is 14.4 Å². The van der Waals surface area contributed by atoms with Gasteiger partial charge in [-0.15, -0.1) is 0 Å². The number of ether oxygens (including phenoxy) is 2. The summed E-state index contributed by atoms with van der Waals surface area (Å²) in [5.41, 5.74) is 2.54. The maximum Gasteiger partial charge on any atom is 0.132 e. The number of hydrogen-bond acceptors (Lipinski definition) is 6. The molecule has 1 saturated heterocycles. The van der Waals surface area contributed by atoms with Crippen molar-refractivity contribution in [2.24, 2.45) is 0 Å². The van der Waals surface area contributed by atoms with Crippen molar-refractivity contribution in [2.45, 2.75) is 13.0 Å². The summed E-state index contributed by atoms with van der Waals surface area (Å²) < 4.78 is 10.9. The van der Waals surface area contributed by atoms with Crippen LogP contribution in [0.25, 0.3) is 22.3 Å². The summed E-state index contributed by atoms with van der Waals surface area (Å²) in [6.45, 7) is 4.44. The van der Waals surface area contributed by atoms with Crippen molar-refractivity contribution in [1.82, 2.24) is 20.2 Å². The molecule has 3 heterocycles. The average molecular weight is 325 g/mol. The van der Waals surface area contributed by atoms with Crippen molar-refractivity contribution >= 4 is 16.7 Å². The molecule has 124 valence electrons. The highest BCUT2D eigenvalue weighted by molar-refractivity contribution is 5.93. The van der Waals surface area contributed by atoms with Crippen LogP contribution < -0.4 is 9.64 Å². The van der Waals surface area contributed by atoms with Gasteiger partial charge in [0.25, 0.3) is 0 Å². The first-order valence-electron chi connectivity index (χ1n) is 7.95. The number of methoxy groups -OCH3 is 1. The molecule has 0 aliphatic carbocycles. The number of aromatic amines is 1. The number of aromatic nitrogens is 4. The quantitative estimate of drug-likeness (QED) is 0.796. The Balaban J connectivity index is 1.73. The summed E-state index contributed by atoms with van der Waals surface area (Å²) >= 11 is 0. The Bertz CT molecular complexity index is 863. The Hall–Kier alpha value is -2.67. The van der Waals surface area contributed by atoms with Crippen LogP contribution in [0.2, 0.25) is 0 Å². The number of morpholine rings is 1. The Morgan fingerprint density at radius 3 is 3.04 bits per heavy atom. The monoisotopic (exact) mass is 325 g/mol. The van der Waals surface area contributed by atoms with E-state index in [9.17, 15) is 0 Å². The fourth-order valence-corrected chi connectivity index (χ4v) is 2.99. The second kappa shape index (κ2) is 6.09. The van der Waals surface area contributed by atoms with Gasteiger partial charge >= 0.3 is 0 Å². The van der Waals surface area contributed by atoms with Gasteiger partial charge in [-0.05, 0) is 25.1 Å². The van der Waals surface area contributed by atoms with E-state index in [0.717, 1.165) is 46.9 Å². The normalized spacial score (nSPS) is 18.1. The molecule has 1 fully saturated rings. The van der Waals surface area contributed by atoms with Gasteiger partial charge in [-0.1, -0.05) is 0 Å². The summed E-state index contributed by atoms with van der Waals surface area (Å²) in [5, 5.41) is 8.45. The van der Waals surface area contributed by atoms with Crippen LogP contribution in [0.1, 0.15) is 6.92 Å². The second-order valence-electron chi connectivity index (χ2n) is 5.87. The van der Waals surface area contributed by atoms with Crippen molar-refractivity contribution < 1.29 is 9.47 Å². The largest absolute Gasteiger partial charge is 0.497 e. The van der Waals surface area contributed by atoms with Gasteiger partial charge in [0.2, 0.25) is 0 Å². The lowest BCUT2D eigenvalue weighted by molar-refractivity contribution is 0.0529. The molecule has 0 spiro atoms. The molecule has 0 saturated carbocycles. The van der Waals surface area contributed by atoms with Crippen LogP contribution in [0.4, 0.5) is 5.82 Å². The molecule has 0 unspecified atom stereocenters. The van der Waals surface area contributed by atoms with E-state index in [1.807, 2.05) is 24.3 Å². The molecule has 24 heavy (non-hydrogen) atoms. The highest BCUT2D eigenvalue weighted by Gasteiger charge is 2.19. The van der Waals surface area contributed by atoms with Crippen LogP contribution in [0, 0.1) is 0 Å². The number of H-pyrrole nitrogens is 1. The molecule has 2 aromatic heterocycles. The second-order valence-corrected chi connectivity index (χ2v) is 5.87. The first kappa shape index (κ1) is 14.9. The number of fused-ring (bicyclic) bond motifs is 1. The third-order valence-electron chi connectivity index (χ3n) is 4.23. The number of nitrogens with one attached hydrogen (secondary N) is 1. The molecule has 3 aromatic rings. The zero-order valence-corrected chi connectivity index (χ0v) is 13.7. The van der Waals surface area contributed by atoms with Crippen LogP contribution in [-0.2, 0) is 4.74 Å². The summed E-state index contributed by atoms with van der Waals surface area (Å²) in [6.07, 6.45) is 1.79. The SMILES string of the molecule is COc1ccc2[nH]nc(-c3cc(N4CCO[C@H](C)C4)ncn3)c2c1. The minimum atomic E-state index is 0.202. The van der Waals surface area contributed by atoms with E-state index in [1.54, 1.807) is 13.4 Å². The first-order chi connectivity index (χ1) is 11.7. The van der Waals surface area contributed by atoms with Crippen LogP contribution in [0.5, 0.6) is 5.75 Å². The molecule has 1 N–H and O–H groups in total. The van der Waals surface area contributed by atoms with E-state index in [4.69, 9.17) is 9.47 Å². The molecule has 7 heteroatoms. The van der Waals surface area contributed by atoms with Gasteiger partial charge in [0.05, 0.1) is 31.0 Å². The lowest BCUT2D eigenvalue weighted by Crippen LogP contribution is -2.41. The van der Waals surface area contributed by atoms with Gasteiger partial charge in [0.15, 0.2) is 0 Å². The molecule has 1 atom stereocenters. The lowest BCUT2D eigenvalue weighted by atomic mass is 10.1. The third kappa shape index (κ3) is 2.67. The van der Waals surface area contributed by atoms with Crippen LogP contribution >= 0.6 is 0 Å². The minimum Gasteiger partial charge on any atom is -0.497 e. The lowest BCUT2D eigenvalue weighted by Gasteiger charge is -2.31. The van der Waals surface area contributed by atoms with Crippen molar-refractivity contribution in [3.05, 3.63) is 30.6 Å². The standard InChI is InChI=1S/C17H19N5O2/c1-11-9-22(5-6-24-11)16-8-15(18-10-19-16)17-13-7-12(23-2)3-4-14(13)20-21-17/h3-4,7-8,10-11H,5-6,9H2,1-2H3,(H,20,21)/t11-/m1/s1. The molecule has 1 aliphatic heterocycles. The molecular weight excluding hydrogens is 306 g/mol. The molecule has 1 aliphatic rings. The van der Waals surface area contributed by atoms with Crippen LogP contribution in [0.15, 0.2) is 30.6 Å². The number of hydrogen-bond donors (Lipinski definition) is 1. The summed E-state index contributed by atoms with van der Waals surface area (Å²) in [5.74, 6) is 1.69. The van der Waals surface area contributed by atoms with Crippen LogP contribution in [-0.4, -0.2) is 53.1 Å². The summed E-state index contributed by atoms with van der Waals surface area (Å²) in [4.78, 5) is 11.0. The van der Waals surface area contributed by atoms with Crippen molar-refractivity contribution in [1.29, 1.82) is 0 Å². The van der Waals surface area contributed by atoms with Gasteiger partial charge in [0, 0.05) is 24.5 Å². The Morgan fingerprint density at radius 2 is 2.21 bits per heavy atom. The maximum absolute atomic E-state index is 5.60. The predicted octanol–water partition coefficient (Wildman–Crippen LogP) is 2.25. The Kier molecular flexibility index (Phi) is 3.78. The van der Waals surface area contributed by atoms with E-state index >= 15 is 0 Å². The van der Waals surface area contributed by atoms with E-state index in [-0.39, 0.29) is 6.10 Å². The Labute approximate surface area is 139 Å². The molecule has 7 nitrogen and oxygen atoms in total. The third-order valence-corrected chi connectivity index (χ3v) is 4.23. The molecular formula is C17H19N5O2. The van der Waals surface area contributed by atoms with Crippen LogP contribution in [0.3, 0.4) is 0 Å². The van der Waals surface area contributed by atoms with E-state index < -0.39 is 0 Å². The molecule has 4 rings (SSSR count). The Morgan fingerprint density at radius 1 is 1.29 bits per heavy atom. The maximum atomic E-state index is 5.60. The molecule has 0 bridgehead atoms. The summed E-state index contributed by atoms with van der Waals surface area (Å²) in [7, 11) is 1.66. The van der Waals surface area contributed by atoms with Crippen molar-refractivity contribution in [3.63, 3.8) is 0 Å². The zero-order valence-electron chi connectivity index (χ0n) is 13.7. The topological polar surface area (TPSA) is 76.2 Å². The van der Waals surface area contributed by atoms with Gasteiger partial charge in [-0.2, -0.15) is 5.10 Å². The van der Waals surface area contributed by atoms with Crippen molar-refractivity contribution in [3.8, 4) is 17.1 Å². The minimum absolute atomic E-state index is 0.202. The fourth-order valence-electron chi connectivity index (χ4n) is 2.99. The highest BCUT2D eigenvalue weighted by Crippen LogP contribution is 2.29. The average Bonchev–Trinajstić information content (AvgIpc) is 3.05. The molecule has 0 radical (unpaired) electrons. The van der Waals surface area contributed by atoms with E-state index in [2.05, 4.69) is 32.0 Å². The summed E-state index contributed by atoms with van der Waals surface area (Å²) in [6, 6.07) is 7.81. The number of rotatable bonds is 3. The first-order valence-corrected chi connectivity index (χ1v) is 7.95. The van der Waals surface area contributed by atoms with E-state index in [0.29, 0.717) is 6.61 Å². The molecule has 1 aromatic carbocycles. The number of anilines is 1. The molecule has 0 amide bonds. The van der Waals surface area contributed by atoms with Gasteiger partial charge in [0.1, 0.15) is 23.6 Å². The van der Waals surface area contributed by atoms with Gasteiger partial charge in [-0.25, -0.2) is 9.97 Å². The predicted molar refractivity (Wildman–Crippen MR) is 91.3 cm³/mol. The van der Waals surface area contributed by atoms with Gasteiger partial charge in [-0.3, -0.25) is 5.10 Å². The highest BCUT2D eigenvalue weighted by atomic mass is 16.5. The fraction of sp³-hybridized carbons (Fsp3) is 0.353. The van der Waals surface area contributed by atoms with Crippen molar-refractivity contribution in [2.75, 3.05) is 31.7 Å². The smallest absolute Gasteiger partial charge is 0.132 e.